The molecule has 0 nitrogen and oxygen atoms in total. The van der Waals surface area contributed by atoms with Crippen LogP contribution in [0, 0.1) is 11.7 Å². The second kappa shape index (κ2) is 6.61. The van der Waals surface area contributed by atoms with E-state index in [2.05, 4.69) is 13.8 Å². The third kappa shape index (κ3) is 3.86. The summed E-state index contributed by atoms with van der Waals surface area (Å²) in [4.78, 5) is 0. The molecule has 1 rings (SSSR count). The van der Waals surface area contributed by atoms with Gasteiger partial charge in [-0.15, -0.1) is 23.2 Å². The highest BCUT2D eigenvalue weighted by Crippen LogP contribution is 2.33. The lowest BCUT2D eigenvalue weighted by molar-refractivity contribution is 0.422. The third-order valence-electron chi connectivity index (χ3n) is 3.17. The van der Waals surface area contributed by atoms with Crippen LogP contribution in [-0.4, -0.2) is 11.8 Å². The van der Waals surface area contributed by atoms with Gasteiger partial charge in [-0.1, -0.05) is 32.4 Å². The van der Waals surface area contributed by atoms with Gasteiger partial charge in [0.25, 0.3) is 0 Å². The molecule has 0 amide bonds. The van der Waals surface area contributed by atoms with Gasteiger partial charge >= 0.3 is 0 Å². The van der Waals surface area contributed by atoms with Gasteiger partial charge in [-0.25, -0.2) is 4.39 Å². The SMILES string of the molecule is CC(C)CCC(CCl)(CCl)c1ccc(F)cc1. The summed E-state index contributed by atoms with van der Waals surface area (Å²) in [6, 6.07) is 6.53. The summed E-state index contributed by atoms with van der Waals surface area (Å²) in [6.07, 6.45) is 2.00. The van der Waals surface area contributed by atoms with E-state index in [4.69, 9.17) is 23.2 Å². The summed E-state index contributed by atoms with van der Waals surface area (Å²) in [6.45, 7) is 4.36. The van der Waals surface area contributed by atoms with E-state index in [1.165, 1.54) is 12.1 Å². The van der Waals surface area contributed by atoms with Gasteiger partial charge in [0.15, 0.2) is 0 Å². The van der Waals surface area contributed by atoms with Crippen molar-refractivity contribution in [1.82, 2.24) is 0 Å². The Bertz CT molecular complexity index is 329. The fourth-order valence-corrected chi connectivity index (χ4v) is 2.70. The molecule has 0 aliphatic heterocycles. The van der Waals surface area contributed by atoms with Crippen molar-refractivity contribution in [3.8, 4) is 0 Å². The zero-order valence-corrected chi connectivity index (χ0v) is 11.9. The van der Waals surface area contributed by atoms with Gasteiger partial charge in [-0.05, 0) is 30.0 Å². The second-order valence-electron chi connectivity index (χ2n) is 4.99. The first-order chi connectivity index (χ1) is 8.04. The van der Waals surface area contributed by atoms with Crippen molar-refractivity contribution in [2.24, 2.45) is 5.92 Å². The summed E-state index contributed by atoms with van der Waals surface area (Å²) < 4.78 is 12.9. The minimum absolute atomic E-state index is 0.226. The molecule has 0 spiro atoms. The summed E-state index contributed by atoms with van der Waals surface area (Å²) in [5, 5.41) is 0. The summed E-state index contributed by atoms with van der Waals surface area (Å²) in [7, 11) is 0. The fourth-order valence-electron chi connectivity index (χ4n) is 1.84. The first kappa shape index (κ1) is 14.8. The highest BCUT2D eigenvalue weighted by molar-refractivity contribution is 6.22. The van der Waals surface area contributed by atoms with Gasteiger partial charge in [0.2, 0.25) is 0 Å². The van der Waals surface area contributed by atoms with Crippen molar-refractivity contribution in [3.63, 3.8) is 0 Å². The Morgan fingerprint density at radius 3 is 2.06 bits per heavy atom. The Kier molecular flexibility index (Phi) is 5.75. The zero-order valence-electron chi connectivity index (χ0n) is 10.3. The van der Waals surface area contributed by atoms with Crippen molar-refractivity contribution in [3.05, 3.63) is 35.6 Å². The van der Waals surface area contributed by atoms with Gasteiger partial charge < -0.3 is 0 Å². The molecular formula is C14H19Cl2F. The Balaban J connectivity index is 2.93. The van der Waals surface area contributed by atoms with Crippen molar-refractivity contribution in [2.45, 2.75) is 32.1 Å². The molecule has 0 bridgehead atoms. The predicted molar refractivity (Wildman–Crippen MR) is 73.6 cm³/mol. The van der Waals surface area contributed by atoms with E-state index < -0.39 is 0 Å². The molecule has 0 aliphatic carbocycles. The summed E-state index contributed by atoms with van der Waals surface area (Å²) in [5.41, 5.74) is 0.797. The topological polar surface area (TPSA) is 0 Å². The molecule has 96 valence electrons. The van der Waals surface area contributed by atoms with E-state index in [-0.39, 0.29) is 11.2 Å². The second-order valence-corrected chi connectivity index (χ2v) is 5.52. The fraction of sp³-hybridized carbons (Fsp3) is 0.571. The molecule has 0 fully saturated rings. The van der Waals surface area contributed by atoms with Gasteiger partial charge in [0, 0.05) is 17.2 Å². The lowest BCUT2D eigenvalue weighted by Crippen LogP contribution is -2.31. The molecule has 0 aromatic heterocycles. The molecular weight excluding hydrogens is 258 g/mol. The van der Waals surface area contributed by atoms with Crippen molar-refractivity contribution in [2.75, 3.05) is 11.8 Å². The maximum absolute atomic E-state index is 12.9. The lowest BCUT2D eigenvalue weighted by Gasteiger charge is -2.31. The highest BCUT2D eigenvalue weighted by Gasteiger charge is 2.30. The summed E-state index contributed by atoms with van der Waals surface area (Å²) in [5.74, 6) is 1.32. The molecule has 0 heterocycles. The number of benzene rings is 1. The van der Waals surface area contributed by atoms with Crippen LogP contribution >= 0.6 is 23.2 Å². The Labute approximate surface area is 113 Å². The van der Waals surface area contributed by atoms with Crippen LogP contribution in [0.2, 0.25) is 0 Å². The minimum Gasteiger partial charge on any atom is -0.207 e. The van der Waals surface area contributed by atoms with Crippen LogP contribution in [0.1, 0.15) is 32.3 Å². The molecule has 17 heavy (non-hydrogen) atoms. The van der Waals surface area contributed by atoms with Crippen LogP contribution in [0.15, 0.2) is 24.3 Å². The monoisotopic (exact) mass is 276 g/mol. The standard InChI is InChI=1S/C14H19Cl2F/c1-11(2)7-8-14(9-15,10-16)12-3-5-13(17)6-4-12/h3-6,11H,7-10H2,1-2H3. The third-order valence-corrected chi connectivity index (χ3v) is 4.19. The lowest BCUT2D eigenvalue weighted by atomic mass is 9.78. The van der Waals surface area contributed by atoms with Gasteiger partial charge in [0.05, 0.1) is 0 Å². The van der Waals surface area contributed by atoms with Gasteiger partial charge in [-0.3, -0.25) is 0 Å². The molecule has 0 saturated carbocycles. The van der Waals surface area contributed by atoms with Crippen molar-refractivity contribution < 1.29 is 4.39 Å². The molecule has 0 radical (unpaired) electrons. The Morgan fingerprint density at radius 1 is 1.12 bits per heavy atom. The van der Waals surface area contributed by atoms with Crippen LogP contribution < -0.4 is 0 Å². The molecule has 0 atom stereocenters. The van der Waals surface area contributed by atoms with E-state index in [9.17, 15) is 4.39 Å². The minimum atomic E-state index is -0.235. The molecule has 3 heteroatoms. The molecule has 1 aromatic rings. The number of hydrogen-bond acceptors (Lipinski definition) is 0. The van der Waals surface area contributed by atoms with Crippen LogP contribution in [0.4, 0.5) is 4.39 Å². The van der Waals surface area contributed by atoms with Gasteiger partial charge in [-0.2, -0.15) is 0 Å². The predicted octanol–water partition coefficient (Wildman–Crippen LogP) is 4.98. The quantitative estimate of drug-likeness (QED) is 0.643. The van der Waals surface area contributed by atoms with Crippen molar-refractivity contribution in [1.29, 1.82) is 0 Å². The van der Waals surface area contributed by atoms with E-state index in [0.717, 1.165) is 18.4 Å². The van der Waals surface area contributed by atoms with Crippen molar-refractivity contribution >= 4 is 23.2 Å². The van der Waals surface area contributed by atoms with Crippen LogP contribution in [0.5, 0.6) is 0 Å². The average molecular weight is 277 g/mol. The number of rotatable bonds is 6. The molecule has 0 N–H and O–H groups in total. The van der Waals surface area contributed by atoms with Gasteiger partial charge in [0.1, 0.15) is 5.82 Å². The number of hydrogen-bond donors (Lipinski definition) is 0. The van der Waals surface area contributed by atoms with E-state index in [0.29, 0.717) is 17.7 Å². The number of alkyl halides is 2. The van der Waals surface area contributed by atoms with E-state index >= 15 is 0 Å². The first-order valence-electron chi connectivity index (χ1n) is 5.92. The maximum Gasteiger partial charge on any atom is 0.123 e. The van der Waals surface area contributed by atoms with E-state index in [1.54, 1.807) is 12.1 Å². The molecule has 0 aliphatic rings. The maximum atomic E-state index is 12.9. The van der Waals surface area contributed by atoms with Crippen LogP contribution in [0.25, 0.3) is 0 Å². The van der Waals surface area contributed by atoms with Crippen LogP contribution in [0.3, 0.4) is 0 Å². The largest absolute Gasteiger partial charge is 0.207 e. The average Bonchev–Trinajstić information content (AvgIpc) is 2.32. The summed E-state index contributed by atoms with van der Waals surface area (Å²) >= 11 is 12.2. The Hall–Kier alpha value is -0.270. The first-order valence-corrected chi connectivity index (χ1v) is 6.99. The molecule has 0 saturated heterocycles. The van der Waals surface area contributed by atoms with E-state index in [1.807, 2.05) is 0 Å². The smallest absolute Gasteiger partial charge is 0.123 e. The molecule has 1 aromatic carbocycles. The number of halogens is 3. The van der Waals surface area contributed by atoms with Crippen LogP contribution in [-0.2, 0) is 5.41 Å². The Morgan fingerprint density at radius 2 is 1.65 bits per heavy atom. The molecule has 0 unspecified atom stereocenters. The highest BCUT2D eigenvalue weighted by atomic mass is 35.5. The zero-order chi connectivity index (χ0) is 12.9. The normalized spacial score (nSPS) is 12.1.